The van der Waals surface area contributed by atoms with E-state index in [9.17, 15) is 4.79 Å². The Labute approximate surface area is 136 Å². The van der Waals surface area contributed by atoms with Gasteiger partial charge in [0.1, 0.15) is 6.61 Å². The summed E-state index contributed by atoms with van der Waals surface area (Å²) in [4.78, 5) is 11.3. The first-order valence-corrected chi connectivity index (χ1v) is 8.15. The fraction of sp³-hybridized carbons (Fsp3) is 0.588. The standard InChI is InChI=1S/C17H23ClO4/c1-3-20-16(19)22-17(12-21-17)10-4-5-13(2)11-14-6-8-15(18)9-7-14/h6-9,13H,3-5,10-12H2,1-2H3. The first kappa shape index (κ1) is 17.1. The van der Waals surface area contributed by atoms with Gasteiger partial charge < -0.3 is 14.2 Å². The third-order valence-electron chi connectivity index (χ3n) is 3.75. The van der Waals surface area contributed by atoms with Crippen LogP contribution in [0.1, 0.15) is 38.7 Å². The fourth-order valence-electron chi connectivity index (χ4n) is 2.48. The van der Waals surface area contributed by atoms with E-state index >= 15 is 0 Å². The summed E-state index contributed by atoms with van der Waals surface area (Å²) in [7, 11) is 0. The summed E-state index contributed by atoms with van der Waals surface area (Å²) in [6.07, 6.45) is 3.10. The average Bonchev–Trinajstić information content (AvgIpc) is 3.21. The third-order valence-corrected chi connectivity index (χ3v) is 4.00. The zero-order chi connectivity index (χ0) is 16.0. The highest BCUT2D eigenvalue weighted by Gasteiger charge is 2.49. The molecule has 1 saturated heterocycles. The molecule has 2 unspecified atom stereocenters. The lowest BCUT2D eigenvalue weighted by Gasteiger charge is -2.15. The van der Waals surface area contributed by atoms with Crippen LogP contribution in [0.15, 0.2) is 24.3 Å². The van der Waals surface area contributed by atoms with Gasteiger partial charge in [-0.3, -0.25) is 0 Å². The summed E-state index contributed by atoms with van der Waals surface area (Å²) in [5.74, 6) is -0.175. The van der Waals surface area contributed by atoms with Gasteiger partial charge in [-0.15, -0.1) is 0 Å². The van der Waals surface area contributed by atoms with Gasteiger partial charge in [-0.25, -0.2) is 4.79 Å². The number of carbonyl (C=O) groups excluding carboxylic acids is 1. The summed E-state index contributed by atoms with van der Waals surface area (Å²) >= 11 is 5.89. The second-order valence-corrected chi connectivity index (χ2v) is 6.25. The largest absolute Gasteiger partial charge is 0.510 e. The van der Waals surface area contributed by atoms with E-state index in [2.05, 4.69) is 19.1 Å². The second kappa shape index (κ2) is 7.84. The maximum atomic E-state index is 11.3. The zero-order valence-electron chi connectivity index (χ0n) is 13.1. The summed E-state index contributed by atoms with van der Waals surface area (Å²) in [5, 5.41) is 0.764. The molecule has 0 aromatic heterocycles. The van der Waals surface area contributed by atoms with Gasteiger partial charge >= 0.3 is 6.16 Å². The molecule has 1 aromatic rings. The Kier molecular flexibility index (Phi) is 6.09. The number of hydrogen-bond acceptors (Lipinski definition) is 4. The van der Waals surface area contributed by atoms with Crippen LogP contribution in [0.5, 0.6) is 0 Å². The van der Waals surface area contributed by atoms with E-state index in [1.165, 1.54) is 5.56 Å². The maximum absolute atomic E-state index is 11.3. The number of epoxide rings is 1. The molecule has 122 valence electrons. The van der Waals surface area contributed by atoms with E-state index in [0.717, 1.165) is 30.7 Å². The molecule has 0 N–H and O–H groups in total. The number of rotatable bonds is 8. The summed E-state index contributed by atoms with van der Waals surface area (Å²) < 4.78 is 15.3. The molecule has 0 amide bonds. The van der Waals surface area contributed by atoms with Crippen LogP contribution >= 0.6 is 11.6 Å². The van der Waals surface area contributed by atoms with Crippen molar-refractivity contribution < 1.29 is 19.0 Å². The van der Waals surface area contributed by atoms with Crippen molar-refractivity contribution in [1.82, 2.24) is 0 Å². The highest BCUT2D eigenvalue weighted by atomic mass is 35.5. The first-order chi connectivity index (χ1) is 10.5. The molecule has 22 heavy (non-hydrogen) atoms. The van der Waals surface area contributed by atoms with Crippen LogP contribution in [0, 0.1) is 5.92 Å². The van der Waals surface area contributed by atoms with Crippen molar-refractivity contribution in [3.8, 4) is 0 Å². The molecule has 1 heterocycles. The Balaban J connectivity index is 1.67. The SMILES string of the molecule is CCOC(=O)OC1(CCCC(C)Cc2ccc(Cl)cc2)CO1. The van der Waals surface area contributed by atoms with Crippen molar-refractivity contribution >= 4 is 17.8 Å². The lowest BCUT2D eigenvalue weighted by Crippen LogP contribution is -2.22. The molecular weight excluding hydrogens is 304 g/mol. The van der Waals surface area contributed by atoms with E-state index in [1.807, 2.05) is 12.1 Å². The number of hydrogen-bond donors (Lipinski definition) is 0. The van der Waals surface area contributed by atoms with E-state index < -0.39 is 11.9 Å². The van der Waals surface area contributed by atoms with E-state index in [1.54, 1.807) is 6.92 Å². The van der Waals surface area contributed by atoms with Gasteiger partial charge in [-0.1, -0.05) is 37.1 Å². The summed E-state index contributed by atoms with van der Waals surface area (Å²) in [6.45, 7) is 4.76. The van der Waals surface area contributed by atoms with Gasteiger partial charge in [0.2, 0.25) is 5.79 Å². The molecular formula is C17H23ClO4. The quantitative estimate of drug-likeness (QED) is 0.518. The molecule has 5 heteroatoms. The minimum Gasteiger partial charge on any atom is -0.435 e. The Morgan fingerprint density at radius 3 is 2.68 bits per heavy atom. The second-order valence-electron chi connectivity index (χ2n) is 5.81. The van der Waals surface area contributed by atoms with Crippen LogP contribution < -0.4 is 0 Å². The first-order valence-electron chi connectivity index (χ1n) is 7.77. The average molecular weight is 327 g/mol. The zero-order valence-corrected chi connectivity index (χ0v) is 13.9. The molecule has 1 aliphatic rings. The number of halogens is 1. The van der Waals surface area contributed by atoms with Gasteiger partial charge in [-0.2, -0.15) is 0 Å². The molecule has 1 aromatic carbocycles. The van der Waals surface area contributed by atoms with Crippen molar-refractivity contribution in [2.45, 2.75) is 45.3 Å². The van der Waals surface area contributed by atoms with Crippen molar-refractivity contribution in [2.24, 2.45) is 5.92 Å². The smallest absolute Gasteiger partial charge is 0.435 e. The van der Waals surface area contributed by atoms with Crippen LogP contribution in [-0.2, 0) is 20.6 Å². The Morgan fingerprint density at radius 2 is 2.09 bits per heavy atom. The lowest BCUT2D eigenvalue weighted by molar-refractivity contribution is -0.0384. The van der Waals surface area contributed by atoms with E-state index in [0.29, 0.717) is 19.1 Å². The van der Waals surface area contributed by atoms with Gasteiger partial charge in [0.05, 0.1) is 6.61 Å². The van der Waals surface area contributed by atoms with Crippen LogP contribution in [-0.4, -0.2) is 25.2 Å². The molecule has 1 fully saturated rings. The molecule has 0 spiro atoms. The molecule has 2 atom stereocenters. The molecule has 2 rings (SSSR count). The third kappa shape index (κ3) is 5.50. The molecule has 4 nitrogen and oxygen atoms in total. The highest BCUT2D eigenvalue weighted by molar-refractivity contribution is 6.30. The van der Waals surface area contributed by atoms with Crippen LogP contribution in [0.3, 0.4) is 0 Å². The van der Waals surface area contributed by atoms with Crippen LogP contribution in [0.2, 0.25) is 5.02 Å². The van der Waals surface area contributed by atoms with Gasteiger partial charge in [0.25, 0.3) is 0 Å². The number of carbonyl (C=O) groups is 1. The molecule has 0 aliphatic carbocycles. The lowest BCUT2D eigenvalue weighted by atomic mass is 9.95. The van der Waals surface area contributed by atoms with Crippen molar-refractivity contribution in [1.29, 1.82) is 0 Å². The summed E-state index contributed by atoms with van der Waals surface area (Å²) in [5.41, 5.74) is 1.29. The van der Waals surface area contributed by atoms with Gasteiger partial charge in [0, 0.05) is 11.4 Å². The predicted octanol–water partition coefficient (Wildman–Crippen LogP) is 4.59. The van der Waals surface area contributed by atoms with Gasteiger partial charge in [0.15, 0.2) is 0 Å². The van der Waals surface area contributed by atoms with Crippen LogP contribution in [0.4, 0.5) is 4.79 Å². The molecule has 0 bridgehead atoms. The minimum atomic E-state index is -0.730. The molecule has 0 radical (unpaired) electrons. The van der Waals surface area contributed by atoms with Crippen molar-refractivity contribution in [3.05, 3.63) is 34.9 Å². The Hall–Kier alpha value is -1.26. The minimum absolute atomic E-state index is 0.313. The fourth-order valence-corrected chi connectivity index (χ4v) is 2.60. The molecule has 0 saturated carbocycles. The predicted molar refractivity (Wildman–Crippen MR) is 85.0 cm³/mol. The van der Waals surface area contributed by atoms with E-state index in [4.69, 9.17) is 25.8 Å². The Bertz CT molecular complexity index is 482. The van der Waals surface area contributed by atoms with Gasteiger partial charge in [-0.05, 0) is 43.4 Å². The number of ether oxygens (including phenoxy) is 3. The van der Waals surface area contributed by atoms with E-state index in [-0.39, 0.29) is 0 Å². The maximum Gasteiger partial charge on any atom is 0.510 e. The topological polar surface area (TPSA) is 48.1 Å². The molecule has 1 aliphatic heterocycles. The number of benzene rings is 1. The normalized spacial score (nSPS) is 21.2. The highest BCUT2D eigenvalue weighted by Crippen LogP contribution is 2.35. The van der Waals surface area contributed by atoms with Crippen molar-refractivity contribution in [3.63, 3.8) is 0 Å². The van der Waals surface area contributed by atoms with Crippen molar-refractivity contribution in [2.75, 3.05) is 13.2 Å². The Morgan fingerprint density at radius 1 is 1.41 bits per heavy atom. The van der Waals surface area contributed by atoms with Crippen LogP contribution in [0.25, 0.3) is 0 Å². The monoisotopic (exact) mass is 326 g/mol. The summed E-state index contributed by atoms with van der Waals surface area (Å²) in [6, 6.07) is 7.97.